The number of carbonyl (C=O) groups is 2. The fourth-order valence-corrected chi connectivity index (χ4v) is 2.14. The zero-order valence-corrected chi connectivity index (χ0v) is 13.9. The van der Waals surface area contributed by atoms with Gasteiger partial charge in [0, 0.05) is 22.3 Å². The van der Waals surface area contributed by atoms with Crippen LogP contribution >= 0.6 is 23.2 Å². The van der Waals surface area contributed by atoms with Crippen molar-refractivity contribution in [2.75, 3.05) is 11.9 Å². The van der Waals surface area contributed by atoms with Crippen molar-refractivity contribution >= 4 is 40.7 Å². The van der Waals surface area contributed by atoms with E-state index in [1.54, 1.807) is 32.0 Å². The number of amides is 2. The minimum atomic E-state index is -1.18. The second kappa shape index (κ2) is 7.66. The molecule has 0 aliphatic carbocycles. The average molecular weight is 331 g/mol. The Morgan fingerprint density at radius 1 is 1.10 bits per heavy atom. The molecule has 2 N–H and O–H groups in total. The maximum absolute atomic E-state index is 12.3. The summed E-state index contributed by atoms with van der Waals surface area (Å²) in [7, 11) is 0. The number of benzene rings is 1. The van der Waals surface area contributed by atoms with Crippen LogP contribution in [0.25, 0.3) is 0 Å². The van der Waals surface area contributed by atoms with Gasteiger partial charge in [0.05, 0.1) is 0 Å². The molecule has 0 saturated heterocycles. The number of unbranched alkanes of at least 4 members (excludes halogenated alkanes) is 1. The highest BCUT2D eigenvalue weighted by Gasteiger charge is 2.35. The number of hydrogen-bond acceptors (Lipinski definition) is 2. The van der Waals surface area contributed by atoms with Gasteiger partial charge >= 0.3 is 0 Å². The second-order valence-corrected chi connectivity index (χ2v) is 6.22. The third-order valence-corrected chi connectivity index (χ3v) is 3.51. The Hall–Kier alpha value is -1.26. The van der Waals surface area contributed by atoms with Gasteiger partial charge in [-0.2, -0.15) is 0 Å². The number of rotatable bonds is 6. The van der Waals surface area contributed by atoms with E-state index in [1.807, 2.05) is 6.92 Å². The zero-order valence-electron chi connectivity index (χ0n) is 12.4. The standard InChI is InChI=1S/C15H20Cl2N2O2/c1-4-5-6-18-13(20)15(2,3)14(21)19-12-8-10(16)7-11(17)9-12/h7-9H,4-6H2,1-3H3,(H,18,20)(H,19,21). The molecule has 0 spiro atoms. The van der Waals surface area contributed by atoms with Crippen LogP contribution in [0.1, 0.15) is 33.6 Å². The Morgan fingerprint density at radius 2 is 1.67 bits per heavy atom. The maximum atomic E-state index is 12.3. The summed E-state index contributed by atoms with van der Waals surface area (Å²) in [6.45, 7) is 5.76. The first-order valence-electron chi connectivity index (χ1n) is 6.83. The van der Waals surface area contributed by atoms with Crippen molar-refractivity contribution in [3.63, 3.8) is 0 Å². The van der Waals surface area contributed by atoms with Gasteiger partial charge in [0.25, 0.3) is 0 Å². The molecule has 0 heterocycles. The van der Waals surface area contributed by atoms with Crippen LogP contribution in [0.4, 0.5) is 5.69 Å². The molecular formula is C15H20Cl2N2O2. The Bertz CT molecular complexity index is 510. The summed E-state index contributed by atoms with van der Waals surface area (Å²) in [6, 6.07) is 4.73. The van der Waals surface area contributed by atoms with Crippen molar-refractivity contribution in [1.29, 1.82) is 0 Å². The molecule has 0 unspecified atom stereocenters. The molecule has 1 aromatic carbocycles. The first-order valence-corrected chi connectivity index (χ1v) is 7.58. The summed E-state index contributed by atoms with van der Waals surface area (Å²) in [4.78, 5) is 24.4. The topological polar surface area (TPSA) is 58.2 Å². The highest BCUT2D eigenvalue weighted by atomic mass is 35.5. The molecule has 0 atom stereocenters. The predicted octanol–water partition coefficient (Wildman–Crippen LogP) is 3.87. The molecule has 0 fully saturated rings. The number of anilines is 1. The Morgan fingerprint density at radius 3 is 2.19 bits per heavy atom. The lowest BCUT2D eigenvalue weighted by molar-refractivity contribution is -0.138. The minimum Gasteiger partial charge on any atom is -0.355 e. The molecular weight excluding hydrogens is 311 g/mol. The summed E-state index contributed by atoms with van der Waals surface area (Å²) >= 11 is 11.8. The van der Waals surface area contributed by atoms with Gasteiger partial charge in [-0.05, 0) is 38.5 Å². The van der Waals surface area contributed by atoms with Crippen molar-refractivity contribution < 1.29 is 9.59 Å². The highest BCUT2D eigenvalue weighted by Crippen LogP contribution is 2.25. The normalized spacial score (nSPS) is 11.1. The number of nitrogens with one attached hydrogen (secondary N) is 2. The van der Waals surface area contributed by atoms with Gasteiger partial charge in [-0.3, -0.25) is 9.59 Å². The van der Waals surface area contributed by atoms with Gasteiger partial charge in [0.2, 0.25) is 11.8 Å². The molecule has 2 amide bonds. The van der Waals surface area contributed by atoms with E-state index in [9.17, 15) is 9.59 Å². The molecule has 21 heavy (non-hydrogen) atoms. The molecule has 0 aromatic heterocycles. The van der Waals surface area contributed by atoms with Crippen LogP contribution < -0.4 is 10.6 Å². The first-order chi connectivity index (χ1) is 9.77. The fraction of sp³-hybridized carbons (Fsp3) is 0.467. The molecule has 4 nitrogen and oxygen atoms in total. The largest absolute Gasteiger partial charge is 0.355 e. The number of halogens is 2. The molecule has 0 aliphatic heterocycles. The Kier molecular flexibility index (Phi) is 6.49. The van der Waals surface area contributed by atoms with E-state index in [1.165, 1.54) is 0 Å². The van der Waals surface area contributed by atoms with Gasteiger partial charge in [-0.25, -0.2) is 0 Å². The van der Waals surface area contributed by atoms with E-state index in [4.69, 9.17) is 23.2 Å². The predicted molar refractivity (Wildman–Crippen MR) is 86.8 cm³/mol. The molecule has 0 radical (unpaired) electrons. The van der Waals surface area contributed by atoms with Crippen LogP contribution in [0.15, 0.2) is 18.2 Å². The summed E-state index contributed by atoms with van der Waals surface area (Å²) < 4.78 is 0. The van der Waals surface area contributed by atoms with Gasteiger partial charge in [-0.1, -0.05) is 36.5 Å². The Labute approximate surface area is 135 Å². The van der Waals surface area contributed by atoms with Gasteiger partial charge < -0.3 is 10.6 Å². The van der Waals surface area contributed by atoms with Crippen molar-refractivity contribution in [2.45, 2.75) is 33.6 Å². The summed E-state index contributed by atoms with van der Waals surface area (Å²) in [5, 5.41) is 6.27. The highest BCUT2D eigenvalue weighted by molar-refractivity contribution is 6.35. The SMILES string of the molecule is CCCCNC(=O)C(C)(C)C(=O)Nc1cc(Cl)cc(Cl)c1. The smallest absolute Gasteiger partial charge is 0.239 e. The molecule has 1 aromatic rings. The third-order valence-electron chi connectivity index (χ3n) is 3.07. The van der Waals surface area contributed by atoms with Gasteiger partial charge in [0.15, 0.2) is 0 Å². The molecule has 1 rings (SSSR count). The van der Waals surface area contributed by atoms with E-state index in [0.717, 1.165) is 12.8 Å². The van der Waals surface area contributed by atoms with Gasteiger partial charge in [-0.15, -0.1) is 0 Å². The lowest BCUT2D eigenvalue weighted by atomic mass is 9.91. The lowest BCUT2D eigenvalue weighted by Gasteiger charge is -2.22. The summed E-state index contributed by atoms with van der Waals surface area (Å²) in [5.74, 6) is -0.712. The van der Waals surface area contributed by atoms with Crippen molar-refractivity contribution in [2.24, 2.45) is 5.41 Å². The van der Waals surface area contributed by atoms with Crippen molar-refractivity contribution in [3.05, 3.63) is 28.2 Å². The molecule has 6 heteroatoms. The Balaban J connectivity index is 2.74. The van der Waals surface area contributed by atoms with E-state index in [0.29, 0.717) is 22.3 Å². The maximum Gasteiger partial charge on any atom is 0.239 e. The van der Waals surface area contributed by atoms with Crippen LogP contribution in [0.5, 0.6) is 0 Å². The summed E-state index contributed by atoms with van der Waals surface area (Å²) in [6.07, 6.45) is 1.86. The quantitative estimate of drug-likeness (QED) is 0.614. The van der Waals surface area contributed by atoms with Crippen LogP contribution in [-0.2, 0) is 9.59 Å². The minimum absolute atomic E-state index is 0.304. The molecule has 0 aliphatic rings. The van der Waals surface area contributed by atoms with Crippen LogP contribution in [0.2, 0.25) is 10.0 Å². The van der Waals surface area contributed by atoms with Crippen LogP contribution in [0, 0.1) is 5.41 Å². The number of hydrogen-bond donors (Lipinski definition) is 2. The fourth-order valence-electron chi connectivity index (χ4n) is 1.62. The van der Waals surface area contributed by atoms with Crippen LogP contribution in [-0.4, -0.2) is 18.4 Å². The monoisotopic (exact) mass is 330 g/mol. The molecule has 0 bridgehead atoms. The van der Waals surface area contributed by atoms with E-state index in [2.05, 4.69) is 10.6 Å². The lowest BCUT2D eigenvalue weighted by Crippen LogP contribution is -2.45. The van der Waals surface area contributed by atoms with Crippen molar-refractivity contribution in [1.82, 2.24) is 5.32 Å². The van der Waals surface area contributed by atoms with E-state index < -0.39 is 11.3 Å². The zero-order chi connectivity index (χ0) is 16.0. The van der Waals surface area contributed by atoms with E-state index in [-0.39, 0.29) is 5.91 Å². The third kappa shape index (κ3) is 5.21. The molecule has 116 valence electrons. The average Bonchev–Trinajstić information content (AvgIpc) is 2.37. The van der Waals surface area contributed by atoms with E-state index >= 15 is 0 Å². The second-order valence-electron chi connectivity index (χ2n) is 5.35. The first kappa shape index (κ1) is 17.8. The van der Waals surface area contributed by atoms with Crippen LogP contribution in [0.3, 0.4) is 0 Å². The molecule has 0 saturated carbocycles. The summed E-state index contributed by atoms with van der Waals surface area (Å²) in [5.41, 5.74) is -0.713. The van der Waals surface area contributed by atoms with Crippen molar-refractivity contribution in [3.8, 4) is 0 Å². The number of carbonyl (C=O) groups excluding carboxylic acids is 2. The van der Waals surface area contributed by atoms with Gasteiger partial charge in [0.1, 0.15) is 5.41 Å².